The van der Waals surface area contributed by atoms with Crippen molar-refractivity contribution in [2.75, 3.05) is 25.0 Å². The van der Waals surface area contributed by atoms with E-state index in [1.807, 2.05) is 12.4 Å². The Bertz CT molecular complexity index is 288. The van der Waals surface area contributed by atoms with E-state index in [9.17, 15) is 0 Å². The van der Waals surface area contributed by atoms with Crippen molar-refractivity contribution in [3.05, 3.63) is 12.4 Å². The average molecular weight is 194 g/mol. The van der Waals surface area contributed by atoms with Crippen molar-refractivity contribution in [1.29, 1.82) is 0 Å². The molecular weight excluding hydrogens is 176 g/mol. The summed E-state index contributed by atoms with van der Waals surface area (Å²) in [7, 11) is 2.13. The molecule has 1 aliphatic heterocycles. The maximum Gasteiger partial charge on any atom is 0.205 e. The van der Waals surface area contributed by atoms with Crippen molar-refractivity contribution >= 4 is 5.95 Å². The lowest BCUT2D eigenvalue weighted by Crippen LogP contribution is -2.35. The monoisotopic (exact) mass is 194 g/mol. The van der Waals surface area contributed by atoms with Gasteiger partial charge in [0.15, 0.2) is 0 Å². The maximum absolute atomic E-state index is 4.39. The summed E-state index contributed by atoms with van der Waals surface area (Å²) in [5.41, 5.74) is 0. The van der Waals surface area contributed by atoms with Gasteiger partial charge >= 0.3 is 0 Å². The third kappa shape index (κ3) is 1.62. The first kappa shape index (κ1) is 9.52. The molecule has 4 heteroatoms. The average Bonchev–Trinajstić information content (AvgIpc) is 2.87. The molecule has 0 aromatic carbocycles. The summed E-state index contributed by atoms with van der Waals surface area (Å²) in [4.78, 5) is 6.67. The zero-order valence-corrected chi connectivity index (χ0v) is 8.90. The molecule has 0 bridgehead atoms. The van der Waals surface area contributed by atoms with Gasteiger partial charge in [-0.25, -0.2) is 4.98 Å². The van der Waals surface area contributed by atoms with Crippen molar-refractivity contribution in [2.24, 2.45) is 0 Å². The number of likely N-dealkylation sites (N-methyl/N-ethyl adjacent to an activating group) is 1. The van der Waals surface area contributed by atoms with Gasteiger partial charge in [0.1, 0.15) is 0 Å². The molecule has 0 saturated carbocycles. The van der Waals surface area contributed by atoms with Crippen molar-refractivity contribution in [1.82, 2.24) is 14.9 Å². The highest BCUT2D eigenvalue weighted by atomic mass is 15.3. The van der Waals surface area contributed by atoms with E-state index in [1.165, 1.54) is 6.42 Å². The number of nitrogens with zero attached hydrogens (tertiary/aromatic N) is 3. The minimum absolute atomic E-state index is 0.600. The Morgan fingerprint density at radius 2 is 2.57 bits per heavy atom. The number of rotatable bonds is 3. The van der Waals surface area contributed by atoms with Crippen LogP contribution in [-0.4, -0.2) is 35.7 Å². The van der Waals surface area contributed by atoms with Crippen LogP contribution in [0.2, 0.25) is 0 Å². The van der Waals surface area contributed by atoms with E-state index in [0.29, 0.717) is 6.04 Å². The summed E-state index contributed by atoms with van der Waals surface area (Å²) in [6.07, 6.45) is 5.12. The summed E-state index contributed by atoms with van der Waals surface area (Å²) in [5.74, 6) is 1.08. The molecular formula is C10H18N4. The molecule has 0 radical (unpaired) electrons. The Balaban J connectivity index is 2.12. The molecule has 0 amide bonds. The van der Waals surface area contributed by atoms with Crippen LogP contribution < -0.4 is 10.2 Å². The molecule has 14 heavy (non-hydrogen) atoms. The lowest BCUT2D eigenvalue weighted by Gasteiger charge is -2.25. The number of hydrogen-bond donors (Lipinski definition) is 1. The van der Waals surface area contributed by atoms with Gasteiger partial charge in [-0.15, -0.1) is 0 Å². The SMILES string of the molecule is CCn1ccnc1N(C)C1CCNC1. The molecule has 4 nitrogen and oxygen atoms in total. The molecule has 1 unspecified atom stereocenters. The van der Waals surface area contributed by atoms with Gasteiger partial charge in [0.25, 0.3) is 0 Å². The summed E-state index contributed by atoms with van der Waals surface area (Å²) in [6, 6.07) is 0.600. The lowest BCUT2D eigenvalue weighted by molar-refractivity contribution is 0.638. The Hall–Kier alpha value is -1.03. The summed E-state index contributed by atoms with van der Waals surface area (Å²) in [5, 5.41) is 3.37. The van der Waals surface area contributed by atoms with Gasteiger partial charge in [0.05, 0.1) is 0 Å². The fraction of sp³-hybridized carbons (Fsp3) is 0.700. The molecule has 1 fully saturated rings. The first-order chi connectivity index (χ1) is 6.83. The second kappa shape index (κ2) is 4.00. The number of imidazole rings is 1. The third-order valence-corrected chi connectivity index (χ3v) is 2.93. The molecule has 1 saturated heterocycles. The van der Waals surface area contributed by atoms with Gasteiger partial charge in [-0.1, -0.05) is 0 Å². The van der Waals surface area contributed by atoms with Crippen LogP contribution in [0.4, 0.5) is 5.95 Å². The number of hydrogen-bond acceptors (Lipinski definition) is 3. The van der Waals surface area contributed by atoms with Crippen molar-refractivity contribution < 1.29 is 0 Å². The van der Waals surface area contributed by atoms with E-state index in [2.05, 4.69) is 33.7 Å². The molecule has 1 aromatic heterocycles. The van der Waals surface area contributed by atoms with Gasteiger partial charge in [0.2, 0.25) is 5.95 Å². The van der Waals surface area contributed by atoms with E-state index in [-0.39, 0.29) is 0 Å². The highest BCUT2D eigenvalue weighted by molar-refractivity contribution is 5.32. The molecule has 1 atom stereocenters. The highest BCUT2D eigenvalue weighted by Crippen LogP contribution is 2.16. The summed E-state index contributed by atoms with van der Waals surface area (Å²) >= 11 is 0. The van der Waals surface area contributed by atoms with Gasteiger partial charge < -0.3 is 14.8 Å². The number of nitrogens with one attached hydrogen (secondary N) is 1. The summed E-state index contributed by atoms with van der Waals surface area (Å²) in [6.45, 7) is 5.33. The van der Waals surface area contributed by atoms with Crippen LogP contribution in [0.15, 0.2) is 12.4 Å². The predicted octanol–water partition coefficient (Wildman–Crippen LogP) is 0.701. The Kier molecular flexibility index (Phi) is 2.72. The van der Waals surface area contributed by atoms with Gasteiger partial charge in [0, 0.05) is 38.6 Å². The van der Waals surface area contributed by atoms with Crippen molar-refractivity contribution in [2.45, 2.75) is 25.9 Å². The number of aryl methyl sites for hydroxylation is 1. The lowest BCUT2D eigenvalue weighted by atomic mass is 10.2. The highest BCUT2D eigenvalue weighted by Gasteiger charge is 2.21. The van der Waals surface area contributed by atoms with Crippen LogP contribution in [0.3, 0.4) is 0 Å². The summed E-state index contributed by atoms with van der Waals surface area (Å²) < 4.78 is 2.18. The van der Waals surface area contributed by atoms with E-state index >= 15 is 0 Å². The van der Waals surface area contributed by atoms with Crippen LogP contribution in [0, 0.1) is 0 Å². The molecule has 1 aromatic rings. The Morgan fingerprint density at radius 1 is 1.71 bits per heavy atom. The fourth-order valence-electron chi connectivity index (χ4n) is 2.00. The first-order valence-corrected chi connectivity index (χ1v) is 5.27. The molecule has 2 rings (SSSR count). The zero-order valence-electron chi connectivity index (χ0n) is 8.90. The van der Waals surface area contributed by atoms with Crippen LogP contribution in [-0.2, 0) is 6.54 Å². The minimum atomic E-state index is 0.600. The van der Waals surface area contributed by atoms with Crippen molar-refractivity contribution in [3.8, 4) is 0 Å². The first-order valence-electron chi connectivity index (χ1n) is 5.27. The maximum atomic E-state index is 4.39. The number of anilines is 1. The van der Waals surface area contributed by atoms with E-state index in [1.54, 1.807) is 0 Å². The Morgan fingerprint density at radius 3 is 3.21 bits per heavy atom. The van der Waals surface area contributed by atoms with Crippen LogP contribution >= 0.6 is 0 Å². The fourth-order valence-corrected chi connectivity index (χ4v) is 2.00. The minimum Gasteiger partial charge on any atom is -0.341 e. The molecule has 1 aliphatic rings. The zero-order chi connectivity index (χ0) is 9.97. The molecule has 1 N–H and O–H groups in total. The standard InChI is InChI=1S/C10H18N4/c1-3-14-7-6-12-10(14)13(2)9-4-5-11-8-9/h6-7,9,11H,3-5,8H2,1-2H3. The van der Waals surface area contributed by atoms with E-state index < -0.39 is 0 Å². The second-order valence-electron chi connectivity index (χ2n) is 3.77. The largest absolute Gasteiger partial charge is 0.341 e. The predicted molar refractivity (Wildman–Crippen MR) is 57.6 cm³/mol. The van der Waals surface area contributed by atoms with E-state index in [4.69, 9.17) is 0 Å². The van der Waals surface area contributed by atoms with Gasteiger partial charge in [-0.3, -0.25) is 0 Å². The molecule has 0 spiro atoms. The van der Waals surface area contributed by atoms with Gasteiger partial charge in [-0.2, -0.15) is 0 Å². The molecule has 2 heterocycles. The third-order valence-electron chi connectivity index (χ3n) is 2.93. The topological polar surface area (TPSA) is 33.1 Å². The molecule has 0 aliphatic carbocycles. The van der Waals surface area contributed by atoms with Crippen LogP contribution in [0.5, 0.6) is 0 Å². The Labute approximate surface area is 84.9 Å². The van der Waals surface area contributed by atoms with Crippen molar-refractivity contribution in [3.63, 3.8) is 0 Å². The quantitative estimate of drug-likeness (QED) is 0.769. The normalized spacial score (nSPS) is 21.4. The van der Waals surface area contributed by atoms with E-state index in [0.717, 1.165) is 25.6 Å². The van der Waals surface area contributed by atoms with Crippen LogP contribution in [0.1, 0.15) is 13.3 Å². The van der Waals surface area contributed by atoms with Gasteiger partial charge in [-0.05, 0) is 19.9 Å². The smallest absolute Gasteiger partial charge is 0.205 e. The second-order valence-corrected chi connectivity index (χ2v) is 3.77. The van der Waals surface area contributed by atoms with Crippen LogP contribution in [0.25, 0.3) is 0 Å². The number of aromatic nitrogens is 2. The molecule has 78 valence electrons.